The minimum Gasteiger partial charge on any atom is -0.258 e. The first kappa shape index (κ1) is 15.4. The van der Waals surface area contributed by atoms with E-state index in [9.17, 15) is 10.1 Å². The van der Waals surface area contributed by atoms with Gasteiger partial charge in [-0.3, -0.25) is 10.1 Å². The lowest BCUT2D eigenvalue weighted by Gasteiger charge is -1.96. The standard InChI is InChI=1S/C15H10N4O2S/c16-11-22-15-9-6-13(7-10-15)18-17-12-3-1-2-4-14(8-5-12)19(20)21/h1-10H/b2-1-,3-1?,4-2?,8-5-,12-3+,12-5?,14-4+,14-8?,18-17?. The SMILES string of the molecule is N#CSc1ccc(N=NC2=C/C=C\C=C([N+](=O)[O-])/C=C\2)cc1. The van der Waals surface area contributed by atoms with Gasteiger partial charge in [-0.1, -0.05) is 12.2 Å². The van der Waals surface area contributed by atoms with Gasteiger partial charge in [-0.15, -0.1) is 0 Å². The quantitative estimate of drug-likeness (QED) is 0.269. The summed E-state index contributed by atoms with van der Waals surface area (Å²) in [4.78, 5) is 11.1. The number of hydrogen-bond donors (Lipinski definition) is 0. The minimum absolute atomic E-state index is 0.0186. The maximum absolute atomic E-state index is 10.7. The van der Waals surface area contributed by atoms with Crippen LogP contribution in [0, 0.1) is 20.8 Å². The van der Waals surface area contributed by atoms with Crippen LogP contribution in [0.5, 0.6) is 0 Å². The van der Waals surface area contributed by atoms with E-state index in [1.54, 1.807) is 42.5 Å². The summed E-state index contributed by atoms with van der Waals surface area (Å²) in [6.45, 7) is 0. The topological polar surface area (TPSA) is 91.7 Å². The van der Waals surface area contributed by atoms with Crippen molar-refractivity contribution >= 4 is 17.4 Å². The Balaban J connectivity index is 2.11. The molecule has 1 aromatic rings. The Labute approximate surface area is 131 Å². The number of nitro groups is 1. The van der Waals surface area contributed by atoms with Crippen molar-refractivity contribution < 1.29 is 4.92 Å². The smallest absolute Gasteiger partial charge is 0.258 e. The lowest BCUT2D eigenvalue weighted by molar-refractivity contribution is -0.419. The van der Waals surface area contributed by atoms with Gasteiger partial charge in [0, 0.05) is 17.0 Å². The number of rotatable bonds is 4. The lowest BCUT2D eigenvalue weighted by atomic mass is 10.2. The zero-order valence-corrected chi connectivity index (χ0v) is 12.1. The highest BCUT2D eigenvalue weighted by Crippen LogP contribution is 2.21. The van der Waals surface area contributed by atoms with Gasteiger partial charge in [0.25, 0.3) is 5.70 Å². The van der Waals surface area contributed by atoms with Crippen molar-refractivity contribution in [2.45, 2.75) is 4.90 Å². The monoisotopic (exact) mass is 310 g/mol. The fourth-order valence-corrected chi connectivity index (χ4v) is 1.91. The largest absolute Gasteiger partial charge is 0.269 e. The predicted octanol–water partition coefficient (Wildman–Crippen LogP) is 4.51. The van der Waals surface area contributed by atoms with Crippen molar-refractivity contribution in [1.29, 1.82) is 5.26 Å². The van der Waals surface area contributed by atoms with Gasteiger partial charge in [0.05, 0.1) is 16.3 Å². The third kappa shape index (κ3) is 4.54. The molecule has 0 saturated carbocycles. The Bertz CT molecular complexity index is 753. The highest BCUT2D eigenvalue weighted by Gasteiger charge is 2.05. The van der Waals surface area contributed by atoms with Gasteiger partial charge in [-0.2, -0.15) is 15.5 Å². The van der Waals surface area contributed by atoms with Crippen LogP contribution >= 0.6 is 11.8 Å². The number of nitriles is 1. The van der Waals surface area contributed by atoms with Crippen LogP contribution in [0.2, 0.25) is 0 Å². The van der Waals surface area contributed by atoms with Crippen molar-refractivity contribution in [3.05, 3.63) is 82.2 Å². The van der Waals surface area contributed by atoms with E-state index in [2.05, 4.69) is 10.2 Å². The van der Waals surface area contributed by atoms with Crippen molar-refractivity contribution in [3.8, 4) is 5.40 Å². The average molecular weight is 310 g/mol. The molecule has 0 heterocycles. The van der Waals surface area contributed by atoms with Gasteiger partial charge in [-0.25, -0.2) is 0 Å². The summed E-state index contributed by atoms with van der Waals surface area (Å²) < 4.78 is 0. The second kappa shape index (κ2) is 7.71. The second-order valence-corrected chi connectivity index (χ2v) is 4.90. The molecule has 0 amide bonds. The summed E-state index contributed by atoms with van der Waals surface area (Å²) in [5, 5.41) is 29.4. The Morgan fingerprint density at radius 3 is 2.50 bits per heavy atom. The van der Waals surface area contributed by atoms with Crippen LogP contribution in [0.25, 0.3) is 0 Å². The highest BCUT2D eigenvalue weighted by atomic mass is 32.2. The number of hydrogen-bond acceptors (Lipinski definition) is 6. The molecule has 1 aliphatic rings. The summed E-state index contributed by atoms with van der Waals surface area (Å²) in [6, 6.07) is 7.04. The summed E-state index contributed by atoms with van der Waals surface area (Å²) in [5.41, 5.74) is 1.11. The molecule has 2 rings (SSSR count). The van der Waals surface area contributed by atoms with E-state index in [0.717, 1.165) is 16.7 Å². The van der Waals surface area contributed by atoms with Crippen LogP contribution in [0.15, 0.2) is 87.2 Å². The van der Waals surface area contributed by atoms with Gasteiger partial charge in [0.2, 0.25) is 0 Å². The normalized spacial score (nSPS) is 21.6. The fourth-order valence-electron chi connectivity index (χ4n) is 1.53. The third-order valence-corrected chi connectivity index (χ3v) is 3.16. The van der Waals surface area contributed by atoms with E-state index < -0.39 is 4.92 Å². The number of azo groups is 1. The summed E-state index contributed by atoms with van der Waals surface area (Å²) in [6.07, 6.45) is 9.25. The average Bonchev–Trinajstić information content (AvgIpc) is 2.48. The summed E-state index contributed by atoms with van der Waals surface area (Å²) >= 11 is 1.07. The number of thiocyanates is 1. The predicted molar refractivity (Wildman–Crippen MR) is 83.9 cm³/mol. The van der Waals surface area contributed by atoms with Crippen molar-refractivity contribution in [3.63, 3.8) is 0 Å². The van der Waals surface area contributed by atoms with Crippen molar-refractivity contribution in [1.82, 2.24) is 0 Å². The third-order valence-electron chi connectivity index (χ3n) is 2.56. The van der Waals surface area contributed by atoms with Gasteiger partial charge >= 0.3 is 0 Å². The molecule has 0 bridgehead atoms. The van der Waals surface area contributed by atoms with Crippen LogP contribution in [0.1, 0.15) is 0 Å². The molecule has 1 aliphatic carbocycles. The van der Waals surface area contributed by atoms with Crippen LogP contribution in [0.4, 0.5) is 5.69 Å². The first-order chi connectivity index (χ1) is 10.7. The Morgan fingerprint density at radius 1 is 1.09 bits per heavy atom. The molecule has 7 heteroatoms. The lowest BCUT2D eigenvalue weighted by Crippen LogP contribution is -1.95. The maximum atomic E-state index is 10.7. The maximum Gasteiger partial charge on any atom is 0.269 e. The Kier molecular flexibility index (Phi) is 5.40. The van der Waals surface area contributed by atoms with Gasteiger partial charge in [-0.05, 0) is 48.2 Å². The molecule has 0 aliphatic heterocycles. The first-order valence-electron chi connectivity index (χ1n) is 6.18. The van der Waals surface area contributed by atoms with Gasteiger partial charge in [0.15, 0.2) is 0 Å². The summed E-state index contributed by atoms with van der Waals surface area (Å²) in [5.74, 6) is 0. The summed E-state index contributed by atoms with van der Waals surface area (Å²) in [7, 11) is 0. The molecule has 0 unspecified atom stereocenters. The molecule has 0 saturated heterocycles. The second-order valence-electron chi connectivity index (χ2n) is 4.05. The molecule has 0 N–H and O–H groups in total. The van der Waals surface area contributed by atoms with E-state index in [0.29, 0.717) is 11.4 Å². The molecule has 0 aromatic heterocycles. The minimum atomic E-state index is -0.466. The van der Waals surface area contributed by atoms with Gasteiger partial charge < -0.3 is 0 Å². The number of allylic oxidation sites excluding steroid dienone is 6. The zero-order valence-electron chi connectivity index (χ0n) is 11.3. The van der Waals surface area contributed by atoms with E-state index in [4.69, 9.17) is 5.26 Å². The molecular weight excluding hydrogens is 300 g/mol. The Hall–Kier alpha value is -2.98. The van der Waals surface area contributed by atoms with Crippen LogP contribution < -0.4 is 0 Å². The molecule has 6 nitrogen and oxygen atoms in total. The van der Waals surface area contributed by atoms with Crippen LogP contribution in [0.3, 0.4) is 0 Å². The van der Waals surface area contributed by atoms with Crippen LogP contribution in [-0.4, -0.2) is 4.92 Å². The highest BCUT2D eigenvalue weighted by molar-refractivity contribution is 8.03. The van der Waals surface area contributed by atoms with E-state index in [1.165, 1.54) is 18.2 Å². The number of nitrogens with zero attached hydrogens (tertiary/aromatic N) is 4. The molecule has 108 valence electrons. The Morgan fingerprint density at radius 2 is 1.82 bits per heavy atom. The molecule has 22 heavy (non-hydrogen) atoms. The van der Waals surface area contributed by atoms with Crippen LogP contribution in [-0.2, 0) is 0 Å². The first-order valence-corrected chi connectivity index (χ1v) is 6.99. The van der Waals surface area contributed by atoms with Gasteiger partial charge in [0.1, 0.15) is 5.40 Å². The van der Waals surface area contributed by atoms with Crippen molar-refractivity contribution in [2.24, 2.45) is 10.2 Å². The van der Waals surface area contributed by atoms with Crippen molar-refractivity contribution in [2.75, 3.05) is 0 Å². The van der Waals surface area contributed by atoms with E-state index in [1.807, 2.05) is 5.40 Å². The fraction of sp³-hybridized carbons (Fsp3) is 0. The van der Waals surface area contributed by atoms with E-state index >= 15 is 0 Å². The molecular formula is C15H10N4O2S. The molecule has 1 aromatic carbocycles. The molecule has 0 spiro atoms. The zero-order chi connectivity index (χ0) is 15.8. The van der Waals surface area contributed by atoms with E-state index in [-0.39, 0.29) is 5.70 Å². The number of thioether (sulfide) groups is 1. The molecule has 0 radical (unpaired) electrons. The number of benzene rings is 1. The molecule has 0 atom stereocenters. The molecule has 0 fully saturated rings.